The van der Waals surface area contributed by atoms with E-state index in [2.05, 4.69) is 4.98 Å². The molecule has 0 amide bonds. The average Bonchev–Trinajstić information content (AvgIpc) is 2.90. The van der Waals surface area contributed by atoms with Crippen molar-refractivity contribution in [2.75, 3.05) is 6.61 Å². The van der Waals surface area contributed by atoms with E-state index in [1.165, 1.54) is 0 Å². The van der Waals surface area contributed by atoms with Crippen molar-refractivity contribution >= 4 is 12.0 Å². The van der Waals surface area contributed by atoms with Crippen molar-refractivity contribution in [1.82, 2.24) is 4.98 Å². The Balaban J connectivity index is 2.37. The lowest BCUT2D eigenvalue weighted by Gasteiger charge is -1.98. The van der Waals surface area contributed by atoms with Crippen LogP contribution in [0.25, 0.3) is 6.08 Å². The summed E-state index contributed by atoms with van der Waals surface area (Å²) in [6.07, 6.45) is 15.0. The normalized spacial score (nSPS) is 12.8. The number of ether oxygens (including phenoxy) is 1. The van der Waals surface area contributed by atoms with Crippen molar-refractivity contribution in [2.24, 2.45) is 0 Å². The van der Waals surface area contributed by atoms with Crippen LogP contribution in [0.5, 0.6) is 0 Å². The molecule has 0 aliphatic heterocycles. The second-order valence-electron chi connectivity index (χ2n) is 3.82. The SMILES string of the molecule is CCOC(=O)/C(C)=C/C=C/C=C/C=C/c1ccc[nH]1. The van der Waals surface area contributed by atoms with Crippen molar-refractivity contribution in [3.8, 4) is 0 Å². The van der Waals surface area contributed by atoms with Gasteiger partial charge in [0.2, 0.25) is 0 Å². The number of aromatic nitrogens is 1. The molecule has 19 heavy (non-hydrogen) atoms. The maximum Gasteiger partial charge on any atom is 0.333 e. The maximum atomic E-state index is 11.3. The predicted octanol–water partition coefficient (Wildman–Crippen LogP) is 3.65. The minimum atomic E-state index is -0.275. The highest BCUT2D eigenvalue weighted by molar-refractivity contribution is 5.88. The van der Waals surface area contributed by atoms with Gasteiger partial charge in [0.15, 0.2) is 0 Å². The third-order valence-electron chi connectivity index (χ3n) is 2.29. The van der Waals surface area contributed by atoms with E-state index >= 15 is 0 Å². The van der Waals surface area contributed by atoms with Crippen LogP contribution in [0.1, 0.15) is 19.5 Å². The number of allylic oxidation sites excluding steroid dienone is 6. The highest BCUT2D eigenvalue weighted by Crippen LogP contribution is 1.98. The van der Waals surface area contributed by atoms with Gasteiger partial charge in [-0.15, -0.1) is 0 Å². The number of carbonyl (C=O) groups excluding carboxylic acids is 1. The molecule has 3 nitrogen and oxygen atoms in total. The van der Waals surface area contributed by atoms with E-state index in [-0.39, 0.29) is 5.97 Å². The molecule has 0 atom stereocenters. The Bertz CT molecular complexity index is 491. The third-order valence-corrected chi connectivity index (χ3v) is 2.29. The number of aromatic amines is 1. The molecular formula is C16H19NO2. The molecule has 1 aromatic heterocycles. The first-order chi connectivity index (χ1) is 9.24. The van der Waals surface area contributed by atoms with Crippen LogP contribution in [0, 0.1) is 0 Å². The van der Waals surface area contributed by atoms with Crippen LogP contribution in [0.2, 0.25) is 0 Å². The first kappa shape index (κ1) is 14.8. The molecular weight excluding hydrogens is 238 g/mol. The number of nitrogens with one attached hydrogen (secondary N) is 1. The predicted molar refractivity (Wildman–Crippen MR) is 78.5 cm³/mol. The molecule has 0 saturated heterocycles. The number of hydrogen-bond acceptors (Lipinski definition) is 2. The molecule has 0 bridgehead atoms. The summed E-state index contributed by atoms with van der Waals surface area (Å²) in [5.74, 6) is -0.275. The molecule has 0 radical (unpaired) electrons. The fraction of sp³-hybridized carbons (Fsp3) is 0.188. The molecule has 0 aliphatic rings. The highest BCUT2D eigenvalue weighted by atomic mass is 16.5. The lowest BCUT2D eigenvalue weighted by atomic mass is 10.2. The van der Waals surface area contributed by atoms with Gasteiger partial charge < -0.3 is 9.72 Å². The zero-order valence-electron chi connectivity index (χ0n) is 11.3. The van der Waals surface area contributed by atoms with Gasteiger partial charge >= 0.3 is 5.97 Å². The van der Waals surface area contributed by atoms with Crippen molar-refractivity contribution < 1.29 is 9.53 Å². The highest BCUT2D eigenvalue weighted by Gasteiger charge is 2.01. The Morgan fingerprint density at radius 2 is 2.00 bits per heavy atom. The Kier molecular flexibility index (Phi) is 6.80. The molecule has 1 rings (SSSR count). The van der Waals surface area contributed by atoms with E-state index in [0.29, 0.717) is 12.2 Å². The van der Waals surface area contributed by atoms with Crippen molar-refractivity contribution in [1.29, 1.82) is 0 Å². The lowest BCUT2D eigenvalue weighted by molar-refractivity contribution is -0.138. The number of carbonyl (C=O) groups is 1. The van der Waals surface area contributed by atoms with Gasteiger partial charge in [0.05, 0.1) is 6.61 Å². The van der Waals surface area contributed by atoms with Crippen LogP contribution < -0.4 is 0 Å². The van der Waals surface area contributed by atoms with Gasteiger partial charge in [0, 0.05) is 17.5 Å². The monoisotopic (exact) mass is 257 g/mol. The molecule has 100 valence electrons. The van der Waals surface area contributed by atoms with Gasteiger partial charge in [-0.05, 0) is 32.1 Å². The Morgan fingerprint density at radius 1 is 1.26 bits per heavy atom. The van der Waals surface area contributed by atoms with Crippen molar-refractivity contribution in [2.45, 2.75) is 13.8 Å². The Labute approximate surface area is 114 Å². The van der Waals surface area contributed by atoms with Crippen LogP contribution >= 0.6 is 0 Å². The molecule has 3 heteroatoms. The fourth-order valence-corrected chi connectivity index (χ4v) is 1.31. The van der Waals surface area contributed by atoms with Crippen molar-refractivity contribution in [3.63, 3.8) is 0 Å². The standard InChI is InChI=1S/C16H19NO2/c1-3-19-16(18)14(2)10-7-5-4-6-8-11-15-12-9-13-17-15/h4-13,17H,3H2,1-2H3/b6-4+,7-5+,11-8+,14-10+. The fourth-order valence-electron chi connectivity index (χ4n) is 1.31. The molecule has 0 aromatic carbocycles. The van der Waals surface area contributed by atoms with E-state index in [1.807, 2.05) is 54.8 Å². The van der Waals surface area contributed by atoms with Crippen LogP contribution in [-0.2, 0) is 9.53 Å². The van der Waals surface area contributed by atoms with E-state index in [1.54, 1.807) is 19.9 Å². The van der Waals surface area contributed by atoms with Crippen LogP contribution in [0.3, 0.4) is 0 Å². The number of esters is 1. The molecule has 0 unspecified atom stereocenters. The summed E-state index contributed by atoms with van der Waals surface area (Å²) >= 11 is 0. The zero-order chi connectivity index (χ0) is 13.9. The van der Waals surface area contributed by atoms with Crippen LogP contribution in [-0.4, -0.2) is 17.6 Å². The first-order valence-corrected chi connectivity index (χ1v) is 6.23. The lowest BCUT2D eigenvalue weighted by Crippen LogP contribution is -2.04. The molecule has 0 fully saturated rings. The second-order valence-corrected chi connectivity index (χ2v) is 3.82. The summed E-state index contributed by atoms with van der Waals surface area (Å²) in [6.45, 7) is 3.93. The summed E-state index contributed by atoms with van der Waals surface area (Å²) in [7, 11) is 0. The van der Waals surface area contributed by atoms with Gasteiger partial charge in [-0.2, -0.15) is 0 Å². The summed E-state index contributed by atoms with van der Waals surface area (Å²) < 4.78 is 4.87. The summed E-state index contributed by atoms with van der Waals surface area (Å²) in [5, 5.41) is 0. The van der Waals surface area contributed by atoms with E-state index in [9.17, 15) is 4.79 Å². The topological polar surface area (TPSA) is 42.1 Å². The van der Waals surface area contributed by atoms with Crippen molar-refractivity contribution in [3.05, 3.63) is 66.1 Å². The van der Waals surface area contributed by atoms with Gasteiger partial charge in [0.25, 0.3) is 0 Å². The zero-order valence-corrected chi connectivity index (χ0v) is 11.3. The number of rotatable bonds is 6. The van der Waals surface area contributed by atoms with Crippen LogP contribution in [0.15, 0.2) is 60.4 Å². The number of H-pyrrole nitrogens is 1. The van der Waals surface area contributed by atoms with Crippen LogP contribution in [0.4, 0.5) is 0 Å². The molecule has 1 aromatic rings. The minimum absolute atomic E-state index is 0.275. The van der Waals surface area contributed by atoms with E-state index < -0.39 is 0 Å². The van der Waals surface area contributed by atoms with Gasteiger partial charge in [0.1, 0.15) is 0 Å². The van der Waals surface area contributed by atoms with Gasteiger partial charge in [-0.1, -0.05) is 36.5 Å². The first-order valence-electron chi connectivity index (χ1n) is 6.23. The Hall–Kier alpha value is -2.29. The molecule has 0 aliphatic carbocycles. The summed E-state index contributed by atoms with van der Waals surface area (Å²) in [5.41, 5.74) is 1.65. The van der Waals surface area contributed by atoms with Gasteiger partial charge in [-0.25, -0.2) is 4.79 Å². The quantitative estimate of drug-likeness (QED) is 0.480. The third kappa shape index (κ3) is 6.27. The minimum Gasteiger partial charge on any atom is -0.463 e. The number of hydrogen-bond donors (Lipinski definition) is 1. The molecule has 0 spiro atoms. The molecule has 0 saturated carbocycles. The summed E-state index contributed by atoms with van der Waals surface area (Å²) in [4.78, 5) is 14.4. The molecule has 1 N–H and O–H groups in total. The van der Waals surface area contributed by atoms with E-state index in [0.717, 1.165) is 5.69 Å². The Morgan fingerprint density at radius 3 is 2.68 bits per heavy atom. The summed E-state index contributed by atoms with van der Waals surface area (Å²) in [6, 6.07) is 3.94. The maximum absolute atomic E-state index is 11.3. The smallest absolute Gasteiger partial charge is 0.333 e. The second kappa shape index (κ2) is 8.75. The van der Waals surface area contributed by atoms with Gasteiger partial charge in [-0.3, -0.25) is 0 Å². The molecule has 1 heterocycles. The largest absolute Gasteiger partial charge is 0.463 e. The average molecular weight is 257 g/mol. The van der Waals surface area contributed by atoms with E-state index in [4.69, 9.17) is 4.74 Å².